The van der Waals surface area contributed by atoms with Gasteiger partial charge in [-0.2, -0.15) is 0 Å². The number of carbonyl (C=O) groups is 3. The number of rotatable bonds is 5. The van der Waals surface area contributed by atoms with E-state index < -0.39 is 0 Å². The maximum atomic E-state index is 12.7. The molecule has 1 aliphatic heterocycles. The molecule has 0 unspecified atom stereocenters. The first kappa shape index (κ1) is 18.4. The summed E-state index contributed by atoms with van der Waals surface area (Å²) in [5.74, 6) is -0.296. The maximum Gasteiger partial charge on any atom is 0.272 e. The van der Waals surface area contributed by atoms with Crippen LogP contribution in [0.25, 0.3) is 0 Å². The first-order valence-corrected chi connectivity index (χ1v) is 8.64. The van der Waals surface area contributed by atoms with Crippen LogP contribution in [0.1, 0.15) is 17.4 Å². The Morgan fingerprint density at radius 2 is 1.74 bits per heavy atom. The number of aromatic nitrogens is 1. The summed E-state index contributed by atoms with van der Waals surface area (Å²) in [7, 11) is 0. The third kappa shape index (κ3) is 4.81. The molecule has 2 heterocycles. The summed E-state index contributed by atoms with van der Waals surface area (Å²) in [6, 6.07) is 10.8. The van der Waals surface area contributed by atoms with Crippen molar-refractivity contribution in [1.82, 2.24) is 14.8 Å². The lowest BCUT2D eigenvalue weighted by molar-refractivity contribution is -0.119. The van der Waals surface area contributed by atoms with Crippen molar-refractivity contribution in [3.63, 3.8) is 0 Å². The summed E-state index contributed by atoms with van der Waals surface area (Å²) in [4.78, 5) is 42.2. The standard InChI is InChI=1S/C19H21N5O3/c1-14(26)21-15-3-2-4-16(11-15)22-17-5-6-20-18(12-17)19(27)24-9-7-23(13-25)8-10-24/h2-6,11-13H,7-10H2,1H3,(H,20,22)(H,21,26). The number of amides is 3. The van der Waals surface area contributed by atoms with Gasteiger partial charge in [-0.15, -0.1) is 0 Å². The highest BCUT2D eigenvalue weighted by atomic mass is 16.2. The van der Waals surface area contributed by atoms with Crippen molar-refractivity contribution in [2.75, 3.05) is 36.8 Å². The van der Waals surface area contributed by atoms with Crippen LogP contribution in [0, 0.1) is 0 Å². The Morgan fingerprint density at radius 1 is 1.04 bits per heavy atom. The Kier molecular flexibility index (Phi) is 5.65. The molecule has 2 aromatic rings. The Morgan fingerprint density at radius 3 is 2.44 bits per heavy atom. The fraction of sp³-hybridized carbons (Fsp3) is 0.263. The highest BCUT2D eigenvalue weighted by Gasteiger charge is 2.22. The normalized spacial score (nSPS) is 13.8. The van der Waals surface area contributed by atoms with Gasteiger partial charge in [0.25, 0.3) is 5.91 Å². The van der Waals surface area contributed by atoms with Crippen LogP contribution >= 0.6 is 0 Å². The van der Waals surface area contributed by atoms with Crippen LogP contribution in [-0.2, 0) is 9.59 Å². The number of nitrogens with one attached hydrogen (secondary N) is 2. The molecule has 1 aliphatic rings. The van der Waals surface area contributed by atoms with Gasteiger partial charge in [-0.05, 0) is 30.3 Å². The zero-order chi connectivity index (χ0) is 19.2. The molecule has 0 aliphatic carbocycles. The van der Waals surface area contributed by atoms with Gasteiger partial charge in [-0.1, -0.05) is 6.07 Å². The van der Waals surface area contributed by atoms with Crippen molar-refractivity contribution in [3.8, 4) is 0 Å². The molecule has 1 fully saturated rings. The van der Waals surface area contributed by atoms with Crippen molar-refractivity contribution < 1.29 is 14.4 Å². The number of pyridine rings is 1. The van der Waals surface area contributed by atoms with E-state index in [2.05, 4.69) is 15.6 Å². The summed E-state index contributed by atoms with van der Waals surface area (Å²) in [5.41, 5.74) is 2.54. The lowest BCUT2D eigenvalue weighted by atomic mass is 10.2. The predicted molar refractivity (Wildman–Crippen MR) is 102 cm³/mol. The van der Waals surface area contributed by atoms with Crippen LogP contribution < -0.4 is 10.6 Å². The third-order valence-corrected chi connectivity index (χ3v) is 4.20. The van der Waals surface area contributed by atoms with Gasteiger partial charge in [0.2, 0.25) is 12.3 Å². The molecule has 3 rings (SSSR count). The van der Waals surface area contributed by atoms with Crippen LogP contribution in [0.4, 0.5) is 17.1 Å². The van der Waals surface area contributed by atoms with E-state index in [0.29, 0.717) is 37.6 Å². The molecule has 0 radical (unpaired) electrons. The minimum absolute atomic E-state index is 0.140. The van der Waals surface area contributed by atoms with E-state index in [-0.39, 0.29) is 11.8 Å². The Labute approximate surface area is 157 Å². The Balaban J connectivity index is 1.69. The number of nitrogens with zero attached hydrogens (tertiary/aromatic N) is 3. The summed E-state index contributed by atoms with van der Waals surface area (Å²) in [5, 5.41) is 5.95. The van der Waals surface area contributed by atoms with Crippen molar-refractivity contribution in [1.29, 1.82) is 0 Å². The first-order chi connectivity index (χ1) is 13.0. The average molecular weight is 367 g/mol. The fourth-order valence-electron chi connectivity index (χ4n) is 2.86. The Hall–Kier alpha value is -3.42. The minimum Gasteiger partial charge on any atom is -0.355 e. The minimum atomic E-state index is -0.156. The number of carbonyl (C=O) groups excluding carboxylic acids is 3. The molecule has 0 atom stereocenters. The molecule has 2 N–H and O–H groups in total. The van der Waals surface area contributed by atoms with E-state index in [4.69, 9.17) is 0 Å². The second kappa shape index (κ2) is 8.31. The summed E-state index contributed by atoms with van der Waals surface area (Å²) in [6.45, 7) is 3.51. The van der Waals surface area contributed by atoms with Crippen molar-refractivity contribution in [3.05, 3.63) is 48.3 Å². The fourth-order valence-corrected chi connectivity index (χ4v) is 2.86. The van der Waals surface area contributed by atoms with E-state index in [1.165, 1.54) is 6.92 Å². The molecule has 0 spiro atoms. The van der Waals surface area contributed by atoms with Gasteiger partial charge in [0.05, 0.1) is 0 Å². The van der Waals surface area contributed by atoms with Gasteiger partial charge in [0.1, 0.15) is 5.69 Å². The van der Waals surface area contributed by atoms with Crippen LogP contribution in [0.5, 0.6) is 0 Å². The highest BCUT2D eigenvalue weighted by molar-refractivity contribution is 5.93. The summed E-state index contributed by atoms with van der Waals surface area (Å²) >= 11 is 0. The third-order valence-electron chi connectivity index (χ3n) is 4.20. The van der Waals surface area contributed by atoms with Gasteiger partial charge in [0, 0.05) is 56.4 Å². The van der Waals surface area contributed by atoms with E-state index in [1.807, 2.05) is 18.2 Å². The largest absolute Gasteiger partial charge is 0.355 e. The topological polar surface area (TPSA) is 94.6 Å². The van der Waals surface area contributed by atoms with E-state index in [0.717, 1.165) is 17.8 Å². The lowest BCUT2D eigenvalue weighted by Gasteiger charge is -2.32. The van der Waals surface area contributed by atoms with E-state index in [1.54, 1.807) is 34.2 Å². The maximum absolute atomic E-state index is 12.7. The lowest BCUT2D eigenvalue weighted by Crippen LogP contribution is -2.48. The highest BCUT2D eigenvalue weighted by Crippen LogP contribution is 2.21. The summed E-state index contributed by atoms with van der Waals surface area (Å²) in [6.07, 6.45) is 2.38. The molecule has 0 saturated carbocycles. The van der Waals surface area contributed by atoms with Crippen molar-refractivity contribution in [2.24, 2.45) is 0 Å². The molecule has 8 heteroatoms. The molecule has 0 bridgehead atoms. The molecule has 3 amide bonds. The SMILES string of the molecule is CC(=O)Nc1cccc(Nc2ccnc(C(=O)N3CCN(C=O)CC3)c2)c1. The molecular formula is C19H21N5O3. The van der Waals surface area contributed by atoms with Crippen molar-refractivity contribution >= 4 is 35.3 Å². The molecule has 8 nitrogen and oxygen atoms in total. The van der Waals surface area contributed by atoms with Crippen LogP contribution in [0.2, 0.25) is 0 Å². The van der Waals surface area contributed by atoms with Crippen LogP contribution in [0.3, 0.4) is 0 Å². The van der Waals surface area contributed by atoms with Crippen LogP contribution in [0.15, 0.2) is 42.6 Å². The number of anilines is 3. The molecule has 1 aromatic carbocycles. The van der Waals surface area contributed by atoms with E-state index in [9.17, 15) is 14.4 Å². The van der Waals surface area contributed by atoms with Gasteiger partial charge >= 0.3 is 0 Å². The number of hydrogen-bond donors (Lipinski definition) is 2. The molecule has 1 aromatic heterocycles. The first-order valence-electron chi connectivity index (χ1n) is 8.64. The summed E-state index contributed by atoms with van der Waals surface area (Å²) < 4.78 is 0. The number of hydrogen-bond acceptors (Lipinski definition) is 5. The zero-order valence-electron chi connectivity index (χ0n) is 15.0. The van der Waals surface area contributed by atoms with Gasteiger partial charge in [-0.25, -0.2) is 0 Å². The van der Waals surface area contributed by atoms with Gasteiger partial charge in [-0.3, -0.25) is 19.4 Å². The monoisotopic (exact) mass is 367 g/mol. The van der Waals surface area contributed by atoms with Gasteiger partial charge in [0.15, 0.2) is 0 Å². The van der Waals surface area contributed by atoms with Crippen molar-refractivity contribution in [2.45, 2.75) is 6.92 Å². The molecule has 27 heavy (non-hydrogen) atoms. The average Bonchev–Trinajstić information content (AvgIpc) is 2.67. The Bertz CT molecular complexity index is 847. The molecule has 1 saturated heterocycles. The molecular weight excluding hydrogens is 346 g/mol. The van der Waals surface area contributed by atoms with E-state index >= 15 is 0 Å². The quantitative estimate of drug-likeness (QED) is 0.785. The zero-order valence-corrected chi connectivity index (χ0v) is 15.0. The number of piperazine rings is 1. The number of benzene rings is 1. The van der Waals surface area contributed by atoms with Crippen LogP contribution in [-0.4, -0.2) is 59.2 Å². The second-order valence-electron chi connectivity index (χ2n) is 6.25. The predicted octanol–water partition coefficient (Wildman–Crippen LogP) is 1.70. The molecule has 140 valence electrons. The second-order valence-corrected chi connectivity index (χ2v) is 6.25. The van der Waals surface area contributed by atoms with Gasteiger partial charge < -0.3 is 20.4 Å². The smallest absolute Gasteiger partial charge is 0.272 e.